The van der Waals surface area contributed by atoms with Crippen molar-refractivity contribution in [1.29, 1.82) is 0 Å². The second kappa shape index (κ2) is 8.97. The molecule has 1 saturated heterocycles. The molecule has 2 rings (SSSR count). The fourth-order valence-corrected chi connectivity index (χ4v) is 3.15. The number of hydrogen-bond acceptors (Lipinski definition) is 5. The van der Waals surface area contributed by atoms with Gasteiger partial charge in [0.25, 0.3) is 5.91 Å². The van der Waals surface area contributed by atoms with Gasteiger partial charge >= 0.3 is 5.97 Å². The van der Waals surface area contributed by atoms with Gasteiger partial charge in [0.2, 0.25) is 0 Å². The number of methoxy groups -OCH3 is 1. The van der Waals surface area contributed by atoms with Gasteiger partial charge in [0.15, 0.2) is 0 Å². The Labute approximate surface area is 150 Å². The fraction of sp³-hybridized carbons (Fsp3) is 0.579. The Bertz CT molecular complexity index is 597. The van der Waals surface area contributed by atoms with Crippen LogP contribution in [0, 0.1) is 0 Å². The van der Waals surface area contributed by atoms with E-state index in [1.165, 1.54) is 20.0 Å². The van der Waals surface area contributed by atoms with Crippen LogP contribution in [0.2, 0.25) is 0 Å². The van der Waals surface area contributed by atoms with E-state index in [-0.39, 0.29) is 5.91 Å². The summed E-state index contributed by atoms with van der Waals surface area (Å²) in [5.74, 6) is -0.512. The van der Waals surface area contributed by atoms with Crippen molar-refractivity contribution in [3.8, 4) is 0 Å². The summed E-state index contributed by atoms with van der Waals surface area (Å²) in [4.78, 5) is 30.6. The van der Waals surface area contributed by atoms with Crippen LogP contribution in [0.5, 0.6) is 0 Å². The van der Waals surface area contributed by atoms with Crippen molar-refractivity contribution in [3.63, 3.8) is 0 Å². The molecule has 6 nitrogen and oxygen atoms in total. The van der Waals surface area contributed by atoms with Crippen LogP contribution in [-0.2, 0) is 4.74 Å². The van der Waals surface area contributed by atoms with Crippen molar-refractivity contribution in [2.24, 2.45) is 0 Å². The molecule has 1 aromatic rings. The topological polar surface area (TPSA) is 53.1 Å². The highest BCUT2D eigenvalue weighted by atomic mass is 16.5. The summed E-state index contributed by atoms with van der Waals surface area (Å²) in [6, 6.07) is 7.26. The average Bonchev–Trinajstić information content (AvgIpc) is 2.65. The van der Waals surface area contributed by atoms with E-state index in [1.54, 1.807) is 36.2 Å². The van der Waals surface area contributed by atoms with E-state index in [1.807, 2.05) is 0 Å². The van der Waals surface area contributed by atoms with Crippen LogP contribution < -0.4 is 0 Å². The lowest BCUT2D eigenvalue weighted by Crippen LogP contribution is -2.44. The van der Waals surface area contributed by atoms with Gasteiger partial charge in [0.1, 0.15) is 0 Å². The minimum Gasteiger partial charge on any atom is -0.465 e. The maximum absolute atomic E-state index is 12.6. The van der Waals surface area contributed by atoms with Crippen molar-refractivity contribution in [2.75, 3.05) is 54.4 Å². The Balaban J connectivity index is 1.88. The third kappa shape index (κ3) is 5.28. The number of benzene rings is 1. The molecule has 0 radical (unpaired) electrons. The Morgan fingerprint density at radius 3 is 2.44 bits per heavy atom. The Kier molecular flexibility index (Phi) is 6.96. The average molecular weight is 347 g/mol. The third-order valence-electron chi connectivity index (χ3n) is 4.98. The fourth-order valence-electron chi connectivity index (χ4n) is 3.15. The summed E-state index contributed by atoms with van der Waals surface area (Å²) >= 11 is 0. The van der Waals surface area contributed by atoms with Crippen LogP contribution >= 0.6 is 0 Å². The zero-order valence-electron chi connectivity index (χ0n) is 15.7. The zero-order chi connectivity index (χ0) is 18.4. The first-order valence-corrected chi connectivity index (χ1v) is 8.75. The van der Waals surface area contributed by atoms with Crippen molar-refractivity contribution < 1.29 is 14.3 Å². The van der Waals surface area contributed by atoms with Gasteiger partial charge in [-0.05, 0) is 58.2 Å². The molecule has 138 valence electrons. The maximum atomic E-state index is 12.6. The molecular weight excluding hydrogens is 318 g/mol. The molecule has 0 unspecified atom stereocenters. The molecule has 6 heteroatoms. The van der Waals surface area contributed by atoms with Gasteiger partial charge in [0, 0.05) is 31.7 Å². The van der Waals surface area contributed by atoms with Gasteiger partial charge in [-0.3, -0.25) is 4.79 Å². The van der Waals surface area contributed by atoms with Crippen LogP contribution in [0.15, 0.2) is 24.3 Å². The Hall–Kier alpha value is -1.92. The van der Waals surface area contributed by atoms with Crippen molar-refractivity contribution in [3.05, 3.63) is 35.4 Å². The van der Waals surface area contributed by atoms with E-state index in [4.69, 9.17) is 4.74 Å². The van der Waals surface area contributed by atoms with E-state index in [0.29, 0.717) is 23.7 Å². The molecule has 0 saturated carbocycles. The van der Waals surface area contributed by atoms with E-state index < -0.39 is 5.97 Å². The largest absolute Gasteiger partial charge is 0.465 e. The minimum absolute atomic E-state index is 0.0810. The van der Waals surface area contributed by atoms with E-state index in [2.05, 4.69) is 23.9 Å². The number of amides is 1. The molecule has 1 aromatic carbocycles. The van der Waals surface area contributed by atoms with Gasteiger partial charge in [0.05, 0.1) is 12.7 Å². The van der Waals surface area contributed by atoms with E-state index >= 15 is 0 Å². The molecule has 0 atom stereocenters. The number of piperidine rings is 1. The minimum atomic E-state index is -0.431. The van der Waals surface area contributed by atoms with Crippen molar-refractivity contribution in [2.45, 2.75) is 18.9 Å². The SMILES string of the molecule is COC(=O)c1cccc(C(=O)N(C)CCN(C)C2CCN(C)CC2)c1. The number of likely N-dealkylation sites (tertiary alicyclic amines) is 1. The molecular formula is C19H29N3O3. The molecule has 1 amide bonds. The number of ether oxygens (including phenoxy) is 1. The molecule has 1 heterocycles. The summed E-state index contributed by atoms with van der Waals surface area (Å²) in [6.45, 7) is 3.76. The van der Waals surface area contributed by atoms with Crippen LogP contribution in [0.4, 0.5) is 0 Å². The lowest BCUT2D eigenvalue weighted by atomic mass is 10.0. The van der Waals surface area contributed by atoms with E-state index in [9.17, 15) is 9.59 Å². The number of carbonyl (C=O) groups is 2. The van der Waals surface area contributed by atoms with Crippen LogP contribution in [0.3, 0.4) is 0 Å². The highest BCUT2D eigenvalue weighted by Gasteiger charge is 2.21. The second-order valence-corrected chi connectivity index (χ2v) is 6.81. The van der Waals surface area contributed by atoms with Gasteiger partial charge in [-0.1, -0.05) is 6.07 Å². The summed E-state index contributed by atoms with van der Waals surface area (Å²) in [6.07, 6.45) is 2.34. The first-order chi connectivity index (χ1) is 11.9. The highest BCUT2D eigenvalue weighted by molar-refractivity contribution is 5.97. The molecule has 0 N–H and O–H groups in total. The van der Waals surface area contributed by atoms with E-state index in [0.717, 1.165) is 19.6 Å². The number of hydrogen-bond donors (Lipinski definition) is 0. The second-order valence-electron chi connectivity index (χ2n) is 6.81. The first kappa shape index (κ1) is 19.4. The number of likely N-dealkylation sites (N-methyl/N-ethyl adjacent to an activating group) is 2. The summed E-state index contributed by atoms with van der Waals surface area (Å²) < 4.78 is 4.71. The number of nitrogens with zero attached hydrogens (tertiary/aromatic N) is 3. The van der Waals surface area contributed by atoms with Crippen molar-refractivity contribution in [1.82, 2.24) is 14.7 Å². The van der Waals surface area contributed by atoms with Crippen molar-refractivity contribution >= 4 is 11.9 Å². The number of carbonyl (C=O) groups excluding carboxylic acids is 2. The zero-order valence-corrected chi connectivity index (χ0v) is 15.7. The summed E-state index contributed by atoms with van der Waals surface area (Å²) in [5.41, 5.74) is 0.900. The standard InChI is InChI=1S/C19H29N3O3/c1-20-10-8-17(9-11-20)21(2)12-13-22(3)18(23)15-6-5-7-16(14-15)19(24)25-4/h5-7,14,17H,8-13H2,1-4H3. The Morgan fingerprint density at radius 1 is 1.16 bits per heavy atom. The third-order valence-corrected chi connectivity index (χ3v) is 4.98. The van der Waals surface area contributed by atoms with Gasteiger partial charge < -0.3 is 19.4 Å². The first-order valence-electron chi connectivity index (χ1n) is 8.75. The molecule has 0 spiro atoms. The lowest BCUT2D eigenvalue weighted by molar-refractivity contribution is 0.0600. The molecule has 1 aliphatic rings. The number of esters is 1. The Morgan fingerprint density at radius 2 is 1.80 bits per heavy atom. The molecule has 0 bridgehead atoms. The summed E-state index contributed by atoms with van der Waals surface area (Å²) in [7, 11) is 7.43. The quantitative estimate of drug-likeness (QED) is 0.731. The van der Waals surface area contributed by atoms with Gasteiger partial charge in [-0.2, -0.15) is 0 Å². The van der Waals surface area contributed by atoms with Crippen LogP contribution in [0.25, 0.3) is 0 Å². The predicted octanol–water partition coefficient (Wildman–Crippen LogP) is 1.57. The highest BCUT2D eigenvalue weighted by Crippen LogP contribution is 2.14. The predicted molar refractivity (Wildman–Crippen MR) is 97.9 cm³/mol. The van der Waals surface area contributed by atoms with Gasteiger partial charge in [-0.25, -0.2) is 4.79 Å². The lowest BCUT2D eigenvalue weighted by Gasteiger charge is -2.35. The normalized spacial score (nSPS) is 16.0. The molecule has 0 aliphatic carbocycles. The maximum Gasteiger partial charge on any atom is 0.337 e. The monoisotopic (exact) mass is 347 g/mol. The molecule has 25 heavy (non-hydrogen) atoms. The summed E-state index contributed by atoms with van der Waals surface area (Å²) in [5, 5.41) is 0. The van der Waals surface area contributed by atoms with Gasteiger partial charge in [-0.15, -0.1) is 0 Å². The van der Waals surface area contributed by atoms with Crippen LogP contribution in [-0.4, -0.2) is 87.0 Å². The molecule has 1 fully saturated rings. The smallest absolute Gasteiger partial charge is 0.337 e. The molecule has 0 aromatic heterocycles. The molecule has 1 aliphatic heterocycles. The van der Waals surface area contributed by atoms with Crippen LogP contribution in [0.1, 0.15) is 33.6 Å². The number of rotatable bonds is 6.